The van der Waals surface area contributed by atoms with Gasteiger partial charge < -0.3 is 40.9 Å². The molecule has 684 valence electrons. The minimum atomic E-state index is -1.21. The van der Waals surface area contributed by atoms with Crippen LogP contribution in [0.5, 0.6) is 0 Å². The molecule has 0 aliphatic carbocycles. The molecule has 16 heterocycles. The third-order valence-corrected chi connectivity index (χ3v) is 23.6. The summed E-state index contributed by atoms with van der Waals surface area (Å²) in [5.74, 6) is -1.32. The van der Waals surface area contributed by atoms with Crippen LogP contribution in [0.15, 0.2) is 172 Å². The maximum Gasteiger partial charge on any atom is 0.270 e. The summed E-state index contributed by atoms with van der Waals surface area (Å²) in [5, 5.41) is 15.0. The minimum absolute atomic E-state index is 0.00655. The van der Waals surface area contributed by atoms with Gasteiger partial charge in [0.2, 0.25) is 0 Å². The molecule has 0 aromatic carbocycles. The first kappa shape index (κ1) is 94.5. The number of nitrogens with one attached hydrogen (secondary N) is 4. The van der Waals surface area contributed by atoms with E-state index in [2.05, 4.69) is 81.9 Å². The molecule has 0 unspecified atom stereocenters. The third-order valence-electron chi connectivity index (χ3n) is 23.6. The van der Waals surface area contributed by atoms with E-state index in [4.69, 9.17) is 0 Å². The predicted molar refractivity (Wildman–Crippen MR) is 492 cm³/mol. The maximum absolute atomic E-state index is 14.1. The molecule has 12 aromatic heterocycles. The molecule has 4 aliphatic heterocycles. The van der Waals surface area contributed by atoms with Crippen molar-refractivity contribution in [2.45, 2.75) is 208 Å². The van der Waals surface area contributed by atoms with E-state index in [0.717, 1.165) is 51.4 Å². The van der Waals surface area contributed by atoms with Gasteiger partial charge in [-0.25, -0.2) is 52.4 Å². The van der Waals surface area contributed by atoms with Crippen LogP contribution in [0.1, 0.15) is 251 Å². The molecule has 12 aromatic rings. The number of nitrogens with zero attached hydrogens (tertiary/aromatic N) is 16. The van der Waals surface area contributed by atoms with Crippen molar-refractivity contribution in [3.63, 3.8) is 0 Å². The summed E-state index contributed by atoms with van der Waals surface area (Å²) >= 11 is 0. The van der Waals surface area contributed by atoms with Gasteiger partial charge in [0.1, 0.15) is 62.3 Å². The van der Waals surface area contributed by atoms with Gasteiger partial charge >= 0.3 is 0 Å². The SMILES string of the molecule is CC(C)(C)CNC(=O)c1ccc(-n2ccc3cc(C(=O)N4CCC(C)(F)CC4)cnc32)cn1.CC1(F)CCN(C(=O)c2cnc3c(ccn3-c3ccc(C(=O)NC(C)(C)C)nc3)c2)CC1.CC1(F)CCN(C(=O)c2cnc3c(ccn3-c3cncc(C(=O)NC(C)(C)C)c3)c2)CC1.CCC(CC)NC(=O)c1ccc(-n2ccc3cc(C(=O)N4CCC(C)(F)CC4)cnc32)cn1. The molecule has 130 heavy (non-hydrogen) atoms. The van der Waals surface area contributed by atoms with Gasteiger partial charge in [0.25, 0.3) is 47.3 Å². The van der Waals surface area contributed by atoms with Gasteiger partial charge in [-0.3, -0.25) is 61.6 Å². The summed E-state index contributed by atoms with van der Waals surface area (Å²) in [6, 6.07) is 27.2. The van der Waals surface area contributed by atoms with Crippen LogP contribution in [0.4, 0.5) is 17.6 Å². The van der Waals surface area contributed by atoms with E-state index in [0.29, 0.717) is 183 Å². The molecule has 0 bridgehead atoms. The Bertz CT molecular complexity index is 6110. The van der Waals surface area contributed by atoms with Crippen LogP contribution in [-0.4, -0.2) is 224 Å². The number of aromatic nitrogens is 12. The highest BCUT2D eigenvalue weighted by molar-refractivity contribution is 6.01. The highest BCUT2D eigenvalue weighted by Gasteiger charge is 2.37. The summed E-state index contributed by atoms with van der Waals surface area (Å²) in [7, 11) is 0. The monoisotopic (exact) mass is 1780 g/mol. The van der Waals surface area contributed by atoms with E-state index < -0.39 is 22.7 Å². The summed E-state index contributed by atoms with van der Waals surface area (Å²) in [4.78, 5) is 143. The number of hydrogen-bond donors (Lipinski definition) is 4. The third kappa shape index (κ3) is 23.7. The van der Waals surface area contributed by atoms with E-state index >= 15 is 0 Å². The number of carbonyl (C=O) groups excluding carboxylic acids is 8. The van der Waals surface area contributed by atoms with Crippen LogP contribution >= 0.6 is 0 Å². The molecule has 28 nitrogen and oxygen atoms in total. The van der Waals surface area contributed by atoms with Gasteiger partial charge in [0.15, 0.2) is 0 Å². The van der Waals surface area contributed by atoms with Crippen LogP contribution in [0.3, 0.4) is 0 Å². The first-order valence-corrected chi connectivity index (χ1v) is 44.3. The molecule has 32 heteroatoms. The average Bonchev–Trinajstić information content (AvgIpc) is 1.53. The Morgan fingerprint density at radius 1 is 0.346 bits per heavy atom. The topological polar surface area (TPSA) is 320 Å². The van der Waals surface area contributed by atoms with Gasteiger partial charge in [0.05, 0.1) is 75.4 Å². The Labute approximate surface area is 753 Å². The largest absolute Gasteiger partial charge is 0.350 e. The van der Waals surface area contributed by atoms with E-state index in [1.807, 2.05) is 159 Å². The standard InChI is InChI=1S/2C25H30FN5O2.2C24H28FN5O2/c1-24(2,3)16-29-22(32)20-6-5-19(15-27-20)31-10-7-17-13-18(14-28-21(17)31)23(33)30-11-8-25(4,26)9-12-30;1-4-19(5-2)29-23(32)21-7-6-20(16-27-21)31-11-8-17-14-18(15-28-22(17)31)24(33)30-12-9-25(3,26)10-13-30;1-23(2,3)28-21(31)17-12-19(15-26-13-17)30-8-5-16-11-18(14-27-20(16)30)22(32)29-9-6-24(4,25)7-10-29;1-23(2,3)28-21(31)19-6-5-18(15-26-19)30-10-7-16-13-17(14-27-20(16)30)22(32)29-11-8-24(4,25)9-12-29/h5-7,10,13-15H,8-9,11-12,16H2,1-4H3,(H,29,32);6-8,11,14-16,19H,4-5,9-10,12-13H2,1-3H3,(H,29,32);5,8,11-15H,6-7,9-10H2,1-4H3,(H,28,31);5-7,10,13-15H,8-9,11-12H2,1-4H3,(H,28,31). The lowest BCUT2D eigenvalue weighted by atomic mass is 9.95. The Hall–Kier alpha value is -13.2. The number of likely N-dealkylation sites (tertiary alicyclic amines) is 4. The number of piperidine rings is 4. The van der Waals surface area contributed by atoms with Crippen molar-refractivity contribution in [2.75, 3.05) is 58.9 Å². The van der Waals surface area contributed by atoms with Gasteiger partial charge in [-0.1, -0.05) is 34.6 Å². The van der Waals surface area contributed by atoms with E-state index in [1.54, 1.807) is 127 Å². The number of hydrogen-bond acceptors (Lipinski definition) is 16. The average molecular weight is 1780 g/mol. The highest BCUT2D eigenvalue weighted by atomic mass is 19.2. The normalized spacial score (nSPS) is 16.1. The molecule has 16 rings (SSSR count). The van der Waals surface area contributed by atoms with Crippen molar-refractivity contribution in [3.05, 3.63) is 216 Å². The van der Waals surface area contributed by atoms with E-state index in [-0.39, 0.29) is 69.8 Å². The molecule has 8 amide bonds. The molecule has 4 saturated heterocycles. The first-order chi connectivity index (χ1) is 61.4. The maximum atomic E-state index is 14.1. The van der Waals surface area contributed by atoms with Gasteiger partial charge in [0, 0.05) is 153 Å². The van der Waals surface area contributed by atoms with Crippen LogP contribution in [0, 0.1) is 5.41 Å². The van der Waals surface area contributed by atoms with Gasteiger partial charge in [-0.15, -0.1) is 0 Å². The zero-order valence-electron chi connectivity index (χ0n) is 76.6. The smallest absolute Gasteiger partial charge is 0.270 e. The fourth-order valence-corrected chi connectivity index (χ4v) is 15.5. The van der Waals surface area contributed by atoms with Crippen molar-refractivity contribution in [2.24, 2.45) is 5.41 Å². The summed E-state index contributed by atoms with van der Waals surface area (Å²) in [5.41, 5.74) is 3.69. The molecule has 0 atom stereocenters. The fraction of sp³-hybridized carbons (Fsp3) is 0.429. The molecule has 4 fully saturated rings. The lowest BCUT2D eigenvalue weighted by Crippen LogP contribution is -2.43. The molecule has 4 N–H and O–H groups in total. The minimum Gasteiger partial charge on any atom is -0.350 e. The zero-order chi connectivity index (χ0) is 93.6. The molecular weight excluding hydrogens is 1660 g/mol. The molecular formula is C98H116F4N20O8. The van der Waals surface area contributed by atoms with Gasteiger partial charge in [-0.2, -0.15) is 0 Å². The van der Waals surface area contributed by atoms with Crippen LogP contribution < -0.4 is 21.3 Å². The highest BCUT2D eigenvalue weighted by Crippen LogP contribution is 2.34. The Morgan fingerprint density at radius 3 is 0.923 bits per heavy atom. The van der Waals surface area contributed by atoms with Crippen molar-refractivity contribution in [1.82, 2.24) is 99.0 Å². The second-order valence-corrected chi connectivity index (χ2v) is 38.4. The molecule has 0 radical (unpaired) electrons. The fourth-order valence-electron chi connectivity index (χ4n) is 15.5. The van der Waals surface area contributed by atoms with E-state index in [1.165, 1.54) is 6.20 Å². The Kier molecular flexibility index (Phi) is 28.1. The number of alkyl halides is 4. The van der Waals surface area contributed by atoms with Crippen molar-refractivity contribution >= 4 is 91.4 Å². The number of rotatable bonds is 16. The second kappa shape index (κ2) is 38.6. The Morgan fingerprint density at radius 2 is 0.638 bits per heavy atom. The summed E-state index contributed by atoms with van der Waals surface area (Å²) in [6.45, 7) is 31.9. The number of halogens is 4. The number of carbonyl (C=O) groups is 8. The summed E-state index contributed by atoms with van der Waals surface area (Å²) in [6.07, 6.45) is 26.3. The van der Waals surface area contributed by atoms with Gasteiger partial charge in [-0.05, 0) is 230 Å². The second-order valence-electron chi connectivity index (χ2n) is 38.4. The lowest BCUT2D eigenvalue weighted by Gasteiger charge is -2.34. The molecule has 0 spiro atoms. The van der Waals surface area contributed by atoms with E-state index in [9.17, 15) is 55.9 Å². The lowest BCUT2D eigenvalue weighted by molar-refractivity contribution is 0.0493. The van der Waals surface area contributed by atoms with Crippen LogP contribution in [0.25, 0.3) is 66.9 Å². The van der Waals surface area contributed by atoms with Crippen molar-refractivity contribution in [1.29, 1.82) is 0 Å². The van der Waals surface area contributed by atoms with Crippen molar-refractivity contribution in [3.8, 4) is 22.7 Å². The predicted octanol–water partition coefficient (Wildman–Crippen LogP) is 16.3. The zero-order valence-corrected chi connectivity index (χ0v) is 76.6. The quantitative estimate of drug-likeness (QED) is 0.0653. The first-order valence-electron chi connectivity index (χ1n) is 44.3. The number of fused-ring (bicyclic) bond motifs is 4. The molecule has 0 saturated carbocycles. The number of pyridine rings is 8. The Balaban J connectivity index is 0.000000148. The summed E-state index contributed by atoms with van der Waals surface area (Å²) < 4.78 is 63.6. The van der Waals surface area contributed by atoms with Crippen molar-refractivity contribution < 1.29 is 55.9 Å². The van der Waals surface area contributed by atoms with Crippen LogP contribution in [-0.2, 0) is 0 Å². The number of amides is 8. The molecule has 4 aliphatic rings. The van der Waals surface area contributed by atoms with Crippen LogP contribution in [0.2, 0.25) is 0 Å².